The van der Waals surface area contributed by atoms with Crippen molar-refractivity contribution in [3.05, 3.63) is 78.9 Å². The minimum atomic E-state index is -0.247. The summed E-state index contributed by atoms with van der Waals surface area (Å²) in [6.07, 6.45) is 3.17. The summed E-state index contributed by atoms with van der Waals surface area (Å²) >= 11 is 0. The fraction of sp³-hybridized carbons (Fsp3) is 0.194. The van der Waals surface area contributed by atoms with Gasteiger partial charge in [0.05, 0.1) is 31.4 Å². The van der Waals surface area contributed by atoms with Crippen LogP contribution in [0.15, 0.2) is 73.2 Å². The van der Waals surface area contributed by atoms with Crippen molar-refractivity contribution in [3.8, 4) is 22.8 Å². The lowest BCUT2D eigenvalue weighted by molar-refractivity contribution is 0.101. The van der Waals surface area contributed by atoms with Gasteiger partial charge in [-0.1, -0.05) is 24.3 Å². The lowest BCUT2D eigenvalue weighted by Crippen LogP contribution is -2.36. The number of methoxy groups -OCH3 is 1. The topological polar surface area (TPSA) is 138 Å². The van der Waals surface area contributed by atoms with Crippen molar-refractivity contribution >= 4 is 45.0 Å². The fourth-order valence-corrected chi connectivity index (χ4v) is 5.51. The summed E-state index contributed by atoms with van der Waals surface area (Å²) in [4.78, 5) is 28.9. The molecule has 43 heavy (non-hydrogen) atoms. The van der Waals surface area contributed by atoms with Crippen molar-refractivity contribution in [2.24, 2.45) is 7.05 Å². The second-order valence-corrected chi connectivity index (χ2v) is 10.2. The van der Waals surface area contributed by atoms with Gasteiger partial charge in [-0.25, -0.2) is 15.0 Å². The van der Waals surface area contributed by atoms with Gasteiger partial charge in [0.2, 0.25) is 0 Å². The number of nitrogen functional groups attached to an aromatic ring is 1. The number of nitrogens with one attached hydrogen (secondary N) is 1. The number of aryl methyl sites for hydroxylation is 1. The normalized spacial score (nSPS) is 13.5. The summed E-state index contributed by atoms with van der Waals surface area (Å²) in [5.74, 6) is 1.12. The van der Waals surface area contributed by atoms with E-state index < -0.39 is 0 Å². The Balaban J connectivity index is 1.26. The first kappa shape index (κ1) is 26.4. The molecule has 1 amide bonds. The zero-order valence-corrected chi connectivity index (χ0v) is 23.7. The highest BCUT2D eigenvalue weighted by atomic mass is 16.5. The Bertz CT molecular complexity index is 1990. The molecule has 1 fully saturated rings. The number of anilines is 3. The van der Waals surface area contributed by atoms with Gasteiger partial charge in [-0.2, -0.15) is 9.78 Å². The van der Waals surface area contributed by atoms with Gasteiger partial charge in [0, 0.05) is 54.6 Å². The third kappa shape index (κ3) is 4.67. The van der Waals surface area contributed by atoms with Gasteiger partial charge in [0.15, 0.2) is 11.5 Å². The van der Waals surface area contributed by atoms with E-state index in [0.29, 0.717) is 64.3 Å². The van der Waals surface area contributed by atoms with Crippen molar-refractivity contribution < 1.29 is 14.3 Å². The Morgan fingerprint density at radius 2 is 1.86 bits per heavy atom. The molecule has 0 bridgehead atoms. The van der Waals surface area contributed by atoms with Crippen molar-refractivity contribution in [2.45, 2.75) is 0 Å². The quantitative estimate of drug-likeness (QED) is 0.301. The molecule has 1 aliphatic heterocycles. The van der Waals surface area contributed by atoms with Crippen molar-refractivity contribution in [2.75, 3.05) is 49.4 Å². The lowest BCUT2D eigenvalue weighted by atomic mass is 10.1. The zero-order valence-electron chi connectivity index (χ0n) is 23.7. The highest BCUT2D eigenvalue weighted by molar-refractivity contribution is 6.07. The van der Waals surface area contributed by atoms with Crippen LogP contribution in [0.2, 0.25) is 0 Å². The van der Waals surface area contributed by atoms with E-state index in [2.05, 4.69) is 25.2 Å². The molecule has 1 aliphatic rings. The third-order valence-electron chi connectivity index (χ3n) is 7.72. The van der Waals surface area contributed by atoms with Crippen LogP contribution >= 0.6 is 0 Å². The van der Waals surface area contributed by atoms with E-state index in [1.54, 1.807) is 24.1 Å². The van der Waals surface area contributed by atoms with E-state index in [1.165, 1.54) is 6.33 Å². The van der Waals surface area contributed by atoms with Crippen LogP contribution in [0.4, 0.5) is 17.2 Å². The first-order chi connectivity index (χ1) is 21.0. The number of carbonyl (C=O) groups is 1. The fourth-order valence-electron chi connectivity index (χ4n) is 5.51. The summed E-state index contributed by atoms with van der Waals surface area (Å²) in [5.41, 5.74) is 11.2. The van der Waals surface area contributed by atoms with Gasteiger partial charge in [0.25, 0.3) is 5.91 Å². The van der Waals surface area contributed by atoms with E-state index >= 15 is 0 Å². The van der Waals surface area contributed by atoms with E-state index in [4.69, 9.17) is 20.3 Å². The first-order valence-electron chi connectivity index (χ1n) is 13.8. The molecule has 3 N–H and O–H groups in total. The van der Waals surface area contributed by atoms with Crippen molar-refractivity contribution in [1.82, 2.24) is 29.3 Å². The number of morpholine rings is 1. The molecule has 0 aliphatic carbocycles. The average Bonchev–Trinajstić information content (AvgIpc) is 3.61. The molecule has 0 unspecified atom stereocenters. The molecule has 12 nitrogen and oxygen atoms in total. The molecule has 12 heteroatoms. The Labute approximate surface area is 246 Å². The van der Waals surface area contributed by atoms with E-state index in [1.807, 2.05) is 66.2 Å². The number of rotatable bonds is 6. The van der Waals surface area contributed by atoms with Crippen LogP contribution in [0.5, 0.6) is 5.75 Å². The van der Waals surface area contributed by atoms with Gasteiger partial charge >= 0.3 is 0 Å². The molecule has 0 radical (unpaired) electrons. The number of amides is 1. The number of hydrogen-bond acceptors (Lipinski definition) is 9. The maximum Gasteiger partial charge on any atom is 0.272 e. The van der Waals surface area contributed by atoms with Crippen molar-refractivity contribution in [3.63, 3.8) is 0 Å². The molecule has 216 valence electrons. The predicted molar refractivity (Wildman–Crippen MR) is 165 cm³/mol. The number of hydrogen-bond donors (Lipinski definition) is 2. The average molecular weight is 576 g/mol. The second-order valence-electron chi connectivity index (χ2n) is 10.2. The molecule has 4 aromatic heterocycles. The van der Waals surface area contributed by atoms with Crippen LogP contribution in [0.25, 0.3) is 39.0 Å². The van der Waals surface area contributed by atoms with Gasteiger partial charge in [-0.3, -0.25) is 4.79 Å². The molecule has 6 aromatic rings. The van der Waals surface area contributed by atoms with Gasteiger partial charge in [-0.15, -0.1) is 0 Å². The summed E-state index contributed by atoms with van der Waals surface area (Å²) in [5, 5.41) is 9.48. The largest absolute Gasteiger partial charge is 0.495 e. The highest BCUT2D eigenvalue weighted by Crippen LogP contribution is 2.36. The van der Waals surface area contributed by atoms with E-state index in [-0.39, 0.29) is 5.91 Å². The smallest absolute Gasteiger partial charge is 0.272 e. The number of para-hydroxylation sites is 1. The lowest BCUT2D eigenvalue weighted by Gasteiger charge is -2.28. The van der Waals surface area contributed by atoms with E-state index in [0.717, 1.165) is 29.7 Å². The van der Waals surface area contributed by atoms with Crippen LogP contribution in [0.3, 0.4) is 0 Å². The molecule has 0 atom stereocenters. The number of ether oxygens (including phenoxy) is 2. The monoisotopic (exact) mass is 575 g/mol. The molecule has 7 rings (SSSR count). The number of nitrogens with two attached hydrogens (primary N) is 1. The number of pyridine rings is 1. The number of benzene rings is 2. The van der Waals surface area contributed by atoms with Crippen molar-refractivity contribution in [1.29, 1.82) is 0 Å². The molecular formula is C31H29N9O3. The number of aromatic nitrogens is 6. The maximum absolute atomic E-state index is 13.3. The Morgan fingerprint density at radius 1 is 1.02 bits per heavy atom. The Hall–Kier alpha value is -5.49. The number of fused-ring (bicyclic) bond motifs is 2. The van der Waals surface area contributed by atoms with Crippen LogP contribution < -0.4 is 20.7 Å². The van der Waals surface area contributed by atoms with E-state index in [9.17, 15) is 4.79 Å². The van der Waals surface area contributed by atoms with Gasteiger partial charge in [-0.05, 0) is 30.3 Å². The van der Waals surface area contributed by atoms with Crippen LogP contribution in [0, 0.1) is 0 Å². The summed E-state index contributed by atoms with van der Waals surface area (Å²) in [6.45, 7) is 2.95. The zero-order chi connectivity index (χ0) is 29.5. The second kappa shape index (κ2) is 10.7. The Kier molecular flexibility index (Phi) is 6.59. The highest BCUT2D eigenvalue weighted by Gasteiger charge is 2.22. The van der Waals surface area contributed by atoms with Crippen LogP contribution in [-0.4, -0.2) is 68.6 Å². The predicted octanol–water partition coefficient (Wildman–Crippen LogP) is 4.05. The van der Waals surface area contributed by atoms with Gasteiger partial charge < -0.3 is 30.0 Å². The Morgan fingerprint density at radius 3 is 2.67 bits per heavy atom. The first-order valence-corrected chi connectivity index (χ1v) is 13.8. The molecule has 1 saturated heterocycles. The molecule has 5 heterocycles. The molecule has 0 spiro atoms. The molecule has 2 aromatic carbocycles. The SMILES string of the molecule is COc1cc(-c2nn(-c3cc(N4CCOCC4)ccn3)c3ncnc(N)c23)ccc1NC(=O)c1cc2ccccc2n1C. The minimum Gasteiger partial charge on any atom is -0.495 e. The molecule has 0 saturated carbocycles. The summed E-state index contributed by atoms with van der Waals surface area (Å²) in [7, 11) is 3.43. The van der Waals surface area contributed by atoms with Gasteiger partial charge in [0.1, 0.15) is 29.3 Å². The standard InChI is InChI=1S/C31H29N9O3/c1-38-23-6-4-3-5-19(23)15-24(38)31(41)36-22-8-7-20(16-25(22)42-2)28-27-29(32)34-18-35-30(27)40(37-28)26-17-21(9-10-33-26)39-11-13-43-14-12-39/h3-10,15-18H,11-14H2,1-2H3,(H,36,41)(H2,32,34,35). The molecular weight excluding hydrogens is 546 g/mol. The van der Waals surface area contributed by atoms with Crippen LogP contribution in [-0.2, 0) is 11.8 Å². The third-order valence-corrected chi connectivity index (χ3v) is 7.72. The number of carbonyl (C=O) groups excluding carboxylic acids is 1. The summed E-state index contributed by atoms with van der Waals surface area (Å²) < 4.78 is 14.8. The minimum absolute atomic E-state index is 0.247. The number of nitrogens with zero attached hydrogens (tertiary/aromatic N) is 7. The van der Waals surface area contributed by atoms with Crippen LogP contribution in [0.1, 0.15) is 10.5 Å². The summed E-state index contributed by atoms with van der Waals surface area (Å²) in [6, 6.07) is 19.1. The maximum atomic E-state index is 13.3.